The first-order valence-corrected chi connectivity index (χ1v) is 8.84. The molecule has 0 unspecified atom stereocenters. The van der Waals surface area contributed by atoms with Crippen molar-refractivity contribution in [1.29, 1.82) is 0 Å². The Bertz CT molecular complexity index is 1010. The van der Waals surface area contributed by atoms with Gasteiger partial charge < -0.3 is 0 Å². The van der Waals surface area contributed by atoms with Gasteiger partial charge in [0.25, 0.3) is 5.56 Å². The average Bonchev–Trinajstić information content (AvgIpc) is 2.51. The van der Waals surface area contributed by atoms with Crippen molar-refractivity contribution in [3.63, 3.8) is 0 Å². The molecule has 0 aliphatic heterocycles. The van der Waals surface area contributed by atoms with Gasteiger partial charge in [-0.3, -0.25) is 9.52 Å². The highest BCUT2D eigenvalue weighted by Crippen LogP contribution is 2.18. The maximum Gasteiger partial charge on any atom is 0.272 e. The summed E-state index contributed by atoms with van der Waals surface area (Å²) in [4.78, 5) is 11.8. The molecule has 0 bridgehead atoms. The lowest BCUT2D eigenvalue weighted by Crippen LogP contribution is -2.11. The molecule has 23 heavy (non-hydrogen) atoms. The first-order valence-electron chi connectivity index (χ1n) is 6.95. The topological polar surface area (TPSA) is 91.9 Å². The van der Waals surface area contributed by atoms with Gasteiger partial charge >= 0.3 is 0 Å². The van der Waals surface area contributed by atoms with Crippen molar-refractivity contribution < 1.29 is 8.42 Å². The lowest BCUT2D eigenvalue weighted by Gasteiger charge is -2.07. The molecule has 6 nitrogen and oxygen atoms in total. The lowest BCUT2D eigenvalue weighted by molar-refractivity contribution is 0.607. The van der Waals surface area contributed by atoms with Crippen LogP contribution < -0.4 is 10.3 Å². The molecule has 0 saturated carbocycles. The minimum atomic E-state index is -3.28. The molecule has 0 aliphatic rings. The van der Waals surface area contributed by atoms with E-state index in [4.69, 9.17) is 0 Å². The van der Waals surface area contributed by atoms with Gasteiger partial charge in [-0.25, -0.2) is 13.5 Å². The Morgan fingerprint density at radius 3 is 2.35 bits per heavy atom. The summed E-state index contributed by atoms with van der Waals surface area (Å²) < 4.78 is 24.8. The fourth-order valence-electron chi connectivity index (χ4n) is 2.40. The Morgan fingerprint density at radius 1 is 1.04 bits per heavy atom. The van der Waals surface area contributed by atoms with Crippen LogP contribution in [-0.4, -0.2) is 24.9 Å². The van der Waals surface area contributed by atoms with Crippen molar-refractivity contribution in [2.24, 2.45) is 0 Å². The molecule has 0 saturated heterocycles. The Balaban J connectivity index is 1.91. The molecule has 2 aromatic carbocycles. The van der Waals surface area contributed by atoms with E-state index in [9.17, 15) is 13.2 Å². The van der Waals surface area contributed by atoms with Crippen LogP contribution in [0.15, 0.2) is 53.3 Å². The number of H-pyrrole nitrogens is 1. The summed E-state index contributed by atoms with van der Waals surface area (Å²) in [5.41, 5.74) is 2.03. The number of benzene rings is 2. The van der Waals surface area contributed by atoms with E-state index in [0.29, 0.717) is 17.5 Å². The number of aromatic amines is 1. The largest absolute Gasteiger partial charge is 0.284 e. The first-order chi connectivity index (χ1) is 10.9. The molecule has 0 radical (unpaired) electrons. The predicted octanol–water partition coefficient (Wildman–Crippen LogP) is 1.89. The van der Waals surface area contributed by atoms with Crippen molar-refractivity contribution in [3.05, 3.63) is 70.1 Å². The minimum absolute atomic E-state index is 0.211. The van der Waals surface area contributed by atoms with Crippen molar-refractivity contribution in [2.45, 2.75) is 6.42 Å². The van der Waals surface area contributed by atoms with Gasteiger partial charge in [0.2, 0.25) is 10.0 Å². The maximum atomic E-state index is 11.8. The number of nitrogens with one attached hydrogen (secondary N) is 2. The number of hydrogen-bond donors (Lipinski definition) is 2. The minimum Gasteiger partial charge on any atom is -0.284 e. The van der Waals surface area contributed by atoms with Gasteiger partial charge in [-0.05, 0) is 23.8 Å². The zero-order chi connectivity index (χ0) is 16.4. The molecule has 0 amide bonds. The molecule has 7 heteroatoms. The van der Waals surface area contributed by atoms with Crippen LogP contribution in [0.5, 0.6) is 0 Å². The summed E-state index contributed by atoms with van der Waals surface area (Å²) in [6.07, 6.45) is 1.65. The number of fused-ring (bicyclic) bond motifs is 1. The zero-order valence-electron chi connectivity index (χ0n) is 12.4. The normalized spacial score (nSPS) is 11.5. The molecule has 3 rings (SSSR count). The van der Waals surface area contributed by atoms with Gasteiger partial charge in [0.15, 0.2) is 0 Å². The Hall–Kier alpha value is -2.67. The van der Waals surface area contributed by atoms with Crippen LogP contribution in [0.1, 0.15) is 11.3 Å². The Kier molecular flexibility index (Phi) is 3.87. The highest BCUT2D eigenvalue weighted by molar-refractivity contribution is 7.92. The van der Waals surface area contributed by atoms with Gasteiger partial charge in [0.1, 0.15) is 0 Å². The summed E-state index contributed by atoms with van der Waals surface area (Å²) >= 11 is 0. The van der Waals surface area contributed by atoms with Crippen LogP contribution in [-0.2, 0) is 16.4 Å². The number of anilines is 1. The van der Waals surface area contributed by atoms with Crippen LogP contribution in [0.2, 0.25) is 0 Å². The standard InChI is InChI=1S/C16H15N3O3S/c1-23(21,22)19-12-8-6-11(7-9-12)10-15-13-4-2-3-5-14(13)16(20)18-17-15/h2-9,19H,10H2,1H3,(H,18,20). The molecule has 0 atom stereocenters. The van der Waals surface area contributed by atoms with E-state index in [1.165, 1.54) is 0 Å². The van der Waals surface area contributed by atoms with Crippen LogP contribution in [0.4, 0.5) is 5.69 Å². The summed E-state index contributed by atoms with van der Waals surface area (Å²) in [7, 11) is -3.28. The molecule has 118 valence electrons. The summed E-state index contributed by atoms with van der Waals surface area (Å²) in [5.74, 6) is 0. The molecule has 1 heterocycles. The molecule has 3 aromatic rings. The lowest BCUT2D eigenvalue weighted by atomic mass is 10.0. The van der Waals surface area contributed by atoms with E-state index >= 15 is 0 Å². The van der Waals surface area contributed by atoms with Gasteiger partial charge in [-0.1, -0.05) is 30.3 Å². The van der Waals surface area contributed by atoms with E-state index in [2.05, 4.69) is 14.9 Å². The van der Waals surface area contributed by atoms with E-state index in [-0.39, 0.29) is 5.56 Å². The van der Waals surface area contributed by atoms with Gasteiger partial charge in [0, 0.05) is 17.5 Å². The van der Waals surface area contributed by atoms with Crippen LogP contribution in [0.3, 0.4) is 0 Å². The van der Waals surface area contributed by atoms with Crippen LogP contribution in [0, 0.1) is 0 Å². The first kappa shape index (κ1) is 15.2. The van der Waals surface area contributed by atoms with Gasteiger partial charge in [-0.15, -0.1) is 0 Å². The molecule has 1 aromatic heterocycles. The second kappa shape index (κ2) is 5.85. The number of aromatic nitrogens is 2. The molecule has 0 spiro atoms. The Morgan fingerprint density at radius 2 is 1.70 bits per heavy atom. The van der Waals surface area contributed by atoms with Gasteiger partial charge in [0.05, 0.1) is 17.3 Å². The van der Waals surface area contributed by atoms with Crippen molar-refractivity contribution in [3.8, 4) is 0 Å². The van der Waals surface area contributed by atoms with Gasteiger partial charge in [-0.2, -0.15) is 5.10 Å². The van der Waals surface area contributed by atoms with E-state index in [1.807, 2.05) is 30.3 Å². The molecule has 0 fully saturated rings. The molecule has 2 N–H and O–H groups in total. The predicted molar refractivity (Wildman–Crippen MR) is 90.1 cm³/mol. The van der Waals surface area contributed by atoms with Crippen molar-refractivity contribution in [1.82, 2.24) is 10.2 Å². The van der Waals surface area contributed by atoms with E-state index in [0.717, 1.165) is 22.9 Å². The van der Waals surface area contributed by atoms with Crippen molar-refractivity contribution in [2.75, 3.05) is 11.0 Å². The maximum absolute atomic E-state index is 11.8. The number of rotatable bonds is 4. The third-order valence-corrected chi connectivity index (χ3v) is 4.01. The van der Waals surface area contributed by atoms with Crippen LogP contribution >= 0.6 is 0 Å². The smallest absolute Gasteiger partial charge is 0.272 e. The second-order valence-electron chi connectivity index (χ2n) is 5.29. The third-order valence-electron chi connectivity index (χ3n) is 3.40. The monoisotopic (exact) mass is 329 g/mol. The average molecular weight is 329 g/mol. The van der Waals surface area contributed by atoms with E-state index in [1.54, 1.807) is 18.2 Å². The third kappa shape index (κ3) is 3.57. The SMILES string of the molecule is CS(=O)(=O)Nc1ccc(Cc2n[nH]c(=O)c3ccccc23)cc1. The zero-order valence-corrected chi connectivity index (χ0v) is 13.2. The summed E-state index contributed by atoms with van der Waals surface area (Å²) in [6, 6.07) is 14.4. The van der Waals surface area contributed by atoms with Crippen molar-refractivity contribution >= 4 is 26.5 Å². The fraction of sp³-hybridized carbons (Fsp3) is 0.125. The highest BCUT2D eigenvalue weighted by Gasteiger charge is 2.07. The second-order valence-corrected chi connectivity index (χ2v) is 7.04. The fourth-order valence-corrected chi connectivity index (χ4v) is 2.97. The quantitative estimate of drug-likeness (QED) is 0.764. The van der Waals surface area contributed by atoms with E-state index < -0.39 is 10.0 Å². The Labute approximate surface area is 133 Å². The summed E-state index contributed by atoms with van der Waals surface area (Å²) in [6.45, 7) is 0. The highest BCUT2D eigenvalue weighted by atomic mass is 32.2. The summed E-state index contributed by atoms with van der Waals surface area (Å²) in [5, 5.41) is 8.06. The molecular formula is C16H15N3O3S. The number of sulfonamides is 1. The number of nitrogens with zero attached hydrogens (tertiary/aromatic N) is 1. The van der Waals surface area contributed by atoms with Crippen LogP contribution in [0.25, 0.3) is 10.8 Å². The molecular weight excluding hydrogens is 314 g/mol. The molecule has 0 aliphatic carbocycles. The number of hydrogen-bond acceptors (Lipinski definition) is 4.